The molecule has 47 heavy (non-hydrogen) atoms. The minimum Gasteiger partial charge on any atom is -0.436 e. The fraction of sp³-hybridized carbons (Fsp3) is 0.618. The third-order valence-electron chi connectivity index (χ3n) is 11.1. The maximum atomic E-state index is 14.1. The van der Waals surface area contributed by atoms with Crippen LogP contribution in [-0.2, 0) is 28.9 Å². The van der Waals surface area contributed by atoms with Crippen molar-refractivity contribution < 1.29 is 19.1 Å². The van der Waals surface area contributed by atoms with Crippen molar-refractivity contribution in [1.29, 1.82) is 0 Å². The number of nitrogens with two attached hydrogens (primary N) is 1. The molecule has 1 aromatic carbocycles. The molecule has 3 N–H and O–H groups in total. The summed E-state index contributed by atoms with van der Waals surface area (Å²) in [5.74, 6) is 0.588. The molecule has 11 nitrogen and oxygen atoms in total. The quantitative estimate of drug-likeness (QED) is 0.418. The number of anilines is 2. The number of carbonyl (C=O) groups is 3. The Morgan fingerprint density at radius 2 is 1.77 bits per heavy atom. The molecular formula is C34H46ClN7O4S. The predicted molar refractivity (Wildman–Crippen MR) is 184 cm³/mol. The average molecular weight is 684 g/mol. The Hall–Kier alpha value is -3.06. The molecule has 5 saturated heterocycles. The van der Waals surface area contributed by atoms with E-state index >= 15 is 0 Å². The Labute approximate surface area is 285 Å². The molecule has 6 aliphatic rings. The fourth-order valence-corrected chi connectivity index (χ4v) is 9.26. The Kier molecular flexibility index (Phi) is 9.55. The van der Waals surface area contributed by atoms with Crippen LogP contribution < -0.4 is 11.1 Å². The van der Waals surface area contributed by atoms with Gasteiger partial charge in [-0.15, -0.1) is 11.3 Å². The van der Waals surface area contributed by atoms with E-state index < -0.39 is 12.2 Å². The highest BCUT2D eigenvalue weighted by Gasteiger charge is 2.40. The first-order chi connectivity index (χ1) is 22.8. The molecule has 1 unspecified atom stereocenters. The van der Waals surface area contributed by atoms with Crippen LogP contribution in [0, 0.1) is 5.92 Å². The highest BCUT2D eigenvalue weighted by atomic mass is 35.5. The van der Waals surface area contributed by atoms with Crippen LogP contribution in [0.25, 0.3) is 0 Å². The maximum Gasteiger partial charge on any atom is 0.410 e. The van der Waals surface area contributed by atoms with Crippen LogP contribution in [0.2, 0.25) is 5.02 Å². The van der Waals surface area contributed by atoms with Gasteiger partial charge in [0.2, 0.25) is 0 Å². The van der Waals surface area contributed by atoms with Crippen LogP contribution in [0.3, 0.4) is 0 Å². The smallest absolute Gasteiger partial charge is 0.410 e. The number of urea groups is 1. The number of halogens is 1. The summed E-state index contributed by atoms with van der Waals surface area (Å²) in [5.41, 5.74) is 10.5. The number of fused-ring (bicyclic) bond motifs is 4. The van der Waals surface area contributed by atoms with Gasteiger partial charge < -0.3 is 35.4 Å². The fourth-order valence-electron chi connectivity index (χ4n) is 8.22. The second kappa shape index (κ2) is 13.8. The lowest BCUT2D eigenvalue weighted by Crippen LogP contribution is -2.62. The Balaban J connectivity index is 1.00. The summed E-state index contributed by atoms with van der Waals surface area (Å²) in [7, 11) is 0. The molecule has 0 spiro atoms. The number of piperazine rings is 1. The van der Waals surface area contributed by atoms with E-state index in [0.29, 0.717) is 68.7 Å². The van der Waals surface area contributed by atoms with Crippen molar-refractivity contribution in [2.45, 2.75) is 70.2 Å². The van der Waals surface area contributed by atoms with E-state index in [9.17, 15) is 14.4 Å². The molecule has 2 atom stereocenters. The molecular weight excluding hydrogens is 638 g/mol. The molecule has 2 aromatic rings. The molecule has 0 radical (unpaired) electrons. The summed E-state index contributed by atoms with van der Waals surface area (Å²) in [6.45, 7) is 9.96. The van der Waals surface area contributed by atoms with Gasteiger partial charge >= 0.3 is 12.1 Å². The normalized spacial score (nSPS) is 25.8. The molecule has 7 heterocycles. The zero-order chi connectivity index (χ0) is 32.7. The zero-order valence-electron chi connectivity index (χ0n) is 27.2. The first kappa shape index (κ1) is 32.5. The van der Waals surface area contributed by atoms with Gasteiger partial charge in [-0.25, -0.2) is 9.59 Å². The average Bonchev–Trinajstić information content (AvgIpc) is 3.56. The third kappa shape index (κ3) is 6.79. The van der Waals surface area contributed by atoms with E-state index in [1.807, 2.05) is 28.2 Å². The molecule has 5 fully saturated rings. The number of amides is 4. The summed E-state index contributed by atoms with van der Waals surface area (Å²) in [6.07, 6.45) is 3.30. The third-order valence-corrected chi connectivity index (χ3v) is 12.2. The molecule has 4 amide bonds. The van der Waals surface area contributed by atoms with Gasteiger partial charge in [-0.2, -0.15) is 0 Å². The summed E-state index contributed by atoms with van der Waals surface area (Å²) >= 11 is 8.07. The van der Waals surface area contributed by atoms with Crippen LogP contribution in [0.1, 0.15) is 49.3 Å². The van der Waals surface area contributed by atoms with Crippen LogP contribution in [-0.4, -0.2) is 120 Å². The Morgan fingerprint density at radius 3 is 2.45 bits per heavy atom. The van der Waals surface area contributed by atoms with Crippen molar-refractivity contribution in [2.24, 2.45) is 5.92 Å². The van der Waals surface area contributed by atoms with E-state index in [1.54, 1.807) is 22.3 Å². The lowest BCUT2D eigenvalue weighted by molar-refractivity contribution is -0.143. The molecule has 8 rings (SSSR count). The van der Waals surface area contributed by atoms with Crippen molar-refractivity contribution in [1.82, 2.24) is 24.5 Å². The van der Waals surface area contributed by atoms with E-state index in [-0.39, 0.29) is 24.4 Å². The second-order valence-electron chi connectivity index (χ2n) is 13.7. The standard InChI is InChI=1S/C34H46ClN7O4S/c1-2-23-15-22(16-27(35)31(23)36)17-30(32(43)40-13-11-39(12-14-40)29-19-38-7-3-24(29)4-8-38)46-34(45)41-9-5-26(6-10-41)42-18-25-20-47-21-28(25)37-33(42)44/h15-16,20-21,24,26,29-30H,2-14,17-19,36H2,1H3,(H,37,44)/t29?,30-/m1/s1. The Bertz CT molecular complexity index is 1480. The van der Waals surface area contributed by atoms with E-state index in [4.69, 9.17) is 22.1 Å². The van der Waals surface area contributed by atoms with Gasteiger partial charge in [0.05, 0.1) is 22.9 Å². The van der Waals surface area contributed by atoms with Gasteiger partial charge in [0.15, 0.2) is 6.10 Å². The zero-order valence-corrected chi connectivity index (χ0v) is 28.7. The van der Waals surface area contributed by atoms with Gasteiger partial charge in [0.1, 0.15) is 0 Å². The first-order valence-electron chi connectivity index (χ1n) is 17.2. The van der Waals surface area contributed by atoms with E-state index in [0.717, 1.165) is 47.9 Å². The lowest BCUT2D eigenvalue weighted by atomic mass is 9.83. The minimum atomic E-state index is -0.974. The summed E-state index contributed by atoms with van der Waals surface area (Å²) in [5, 5.41) is 7.46. The number of nitrogen functional groups attached to an aromatic ring is 1. The molecule has 2 bridgehead atoms. The van der Waals surface area contributed by atoms with Crippen molar-refractivity contribution in [3.63, 3.8) is 0 Å². The number of ether oxygens (including phenoxy) is 1. The number of aryl methyl sites for hydroxylation is 1. The van der Waals surface area contributed by atoms with Crippen LogP contribution >= 0.6 is 22.9 Å². The number of hydrogen-bond donors (Lipinski definition) is 2. The van der Waals surface area contributed by atoms with E-state index in [1.165, 1.54) is 25.9 Å². The van der Waals surface area contributed by atoms with Crippen molar-refractivity contribution >= 4 is 52.3 Å². The summed E-state index contributed by atoms with van der Waals surface area (Å²) in [6, 6.07) is 4.25. The highest BCUT2D eigenvalue weighted by molar-refractivity contribution is 7.08. The van der Waals surface area contributed by atoms with Crippen molar-refractivity contribution in [2.75, 3.05) is 70.0 Å². The number of rotatable bonds is 7. The summed E-state index contributed by atoms with van der Waals surface area (Å²) < 4.78 is 6.08. The maximum absolute atomic E-state index is 14.1. The molecule has 1 aromatic heterocycles. The number of likely N-dealkylation sites (tertiary alicyclic amines) is 1. The number of hydrogen-bond acceptors (Lipinski definition) is 8. The first-order valence-corrected chi connectivity index (χ1v) is 18.5. The number of nitrogens with zero attached hydrogens (tertiary/aromatic N) is 5. The minimum absolute atomic E-state index is 0.0291. The number of piperidine rings is 4. The molecule has 0 saturated carbocycles. The predicted octanol–water partition coefficient (Wildman–Crippen LogP) is 4.34. The number of benzene rings is 1. The summed E-state index contributed by atoms with van der Waals surface area (Å²) in [4.78, 5) is 51.1. The monoisotopic (exact) mass is 683 g/mol. The van der Waals surface area contributed by atoms with Gasteiger partial charge in [0.25, 0.3) is 5.91 Å². The molecule has 0 aliphatic carbocycles. The molecule has 254 valence electrons. The number of carbonyl (C=O) groups excluding carboxylic acids is 3. The number of nitrogens with one attached hydrogen (secondary N) is 1. The lowest BCUT2D eigenvalue weighted by Gasteiger charge is -2.51. The topological polar surface area (TPSA) is 115 Å². The van der Waals surface area contributed by atoms with Crippen molar-refractivity contribution in [3.05, 3.63) is 44.6 Å². The van der Waals surface area contributed by atoms with Gasteiger partial charge in [-0.05, 0) is 73.7 Å². The Morgan fingerprint density at radius 1 is 1.02 bits per heavy atom. The van der Waals surface area contributed by atoms with Gasteiger partial charge in [0, 0.05) is 75.3 Å². The van der Waals surface area contributed by atoms with E-state index in [2.05, 4.69) is 20.5 Å². The van der Waals surface area contributed by atoms with Crippen LogP contribution in [0.15, 0.2) is 22.9 Å². The largest absolute Gasteiger partial charge is 0.436 e. The van der Waals surface area contributed by atoms with Gasteiger partial charge in [-0.3, -0.25) is 9.69 Å². The van der Waals surface area contributed by atoms with Crippen molar-refractivity contribution in [3.8, 4) is 0 Å². The van der Waals surface area contributed by atoms with Crippen LogP contribution in [0.4, 0.5) is 21.0 Å². The molecule has 6 aliphatic heterocycles. The molecule has 13 heteroatoms. The SMILES string of the molecule is CCc1cc(C[C@@H](OC(=O)N2CCC(N3Cc4cscc4NC3=O)CC2)C(=O)N2CCN(C3CN4CCC3CC4)CC2)cc(Cl)c1N. The second-order valence-corrected chi connectivity index (χ2v) is 14.9. The van der Waals surface area contributed by atoms with Crippen LogP contribution in [0.5, 0.6) is 0 Å². The number of thiophene rings is 1. The van der Waals surface area contributed by atoms with Gasteiger partial charge in [-0.1, -0.05) is 24.6 Å². The highest BCUT2D eigenvalue weighted by Crippen LogP contribution is 2.33.